The molecular weight excluding hydrogens is 375 g/mol. The van der Waals surface area contributed by atoms with Crippen LogP contribution in [-0.4, -0.2) is 44.7 Å². The summed E-state index contributed by atoms with van der Waals surface area (Å²) in [4.78, 5) is 23.8. The Labute approximate surface area is 166 Å². The first-order valence-electron chi connectivity index (χ1n) is 9.75. The molecule has 2 unspecified atom stereocenters. The lowest BCUT2D eigenvalue weighted by molar-refractivity contribution is 0.0932. The Bertz CT molecular complexity index is 1110. The van der Waals surface area contributed by atoms with Gasteiger partial charge in [0.15, 0.2) is 5.65 Å². The van der Waals surface area contributed by atoms with Crippen LogP contribution in [0.25, 0.3) is 5.65 Å². The number of nitrogens with one attached hydrogen (secondary N) is 1. The Morgan fingerprint density at radius 1 is 1.31 bits per heavy atom. The maximum absolute atomic E-state index is 14.1. The lowest BCUT2D eigenvalue weighted by Gasteiger charge is -2.35. The van der Waals surface area contributed by atoms with E-state index in [-0.39, 0.29) is 24.6 Å². The molecule has 0 fully saturated rings. The SMILES string of the molecule is CC1CNC(=O)c2cnn3cc4c(nc23)N(CCC4)C(C)c2cc(F)cnc2O1. The third-order valence-electron chi connectivity index (χ3n) is 5.53. The molecule has 5 heterocycles. The lowest BCUT2D eigenvalue weighted by atomic mass is 10.0. The predicted molar refractivity (Wildman–Crippen MR) is 104 cm³/mol. The van der Waals surface area contributed by atoms with Crippen LogP contribution >= 0.6 is 0 Å². The van der Waals surface area contributed by atoms with Gasteiger partial charge in [0, 0.05) is 23.9 Å². The van der Waals surface area contributed by atoms with Crippen LogP contribution in [0.4, 0.5) is 10.2 Å². The van der Waals surface area contributed by atoms with Crippen LogP contribution in [0.15, 0.2) is 24.7 Å². The zero-order valence-electron chi connectivity index (χ0n) is 16.2. The lowest BCUT2D eigenvalue weighted by Crippen LogP contribution is -2.34. The molecule has 2 aliphatic rings. The summed E-state index contributed by atoms with van der Waals surface area (Å²) < 4.78 is 21.7. The van der Waals surface area contributed by atoms with Gasteiger partial charge < -0.3 is 15.0 Å². The van der Waals surface area contributed by atoms with Crippen LogP contribution in [0.2, 0.25) is 0 Å². The predicted octanol–water partition coefficient (Wildman–Crippen LogP) is 2.29. The van der Waals surface area contributed by atoms with Gasteiger partial charge in [-0.3, -0.25) is 4.79 Å². The van der Waals surface area contributed by atoms with Crippen LogP contribution < -0.4 is 15.0 Å². The summed E-state index contributed by atoms with van der Waals surface area (Å²) >= 11 is 0. The summed E-state index contributed by atoms with van der Waals surface area (Å²) in [6, 6.07) is 1.26. The molecule has 0 saturated heterocycles. The molecule has 9 heteroatoms. The Morgan fingerprint density at radius 2 is 2.17 bits per heavy atom. The minimum absolute atomic E-state index is 0.204. The molecule has 29 heavy (non-hydrogen) atoms. The van der Waals surface area contributed by atoms with E-state index in [4.69, 9.17) is 9.72 Å². The fourth-order valence-electron chi connectivity index (χ4n) is 4.02. The van der Waals surface area contributed by atoms with Crippen LogP contribution in [0.1, 0.15) is 47.8 Å². The molecule has 2 aliphatic heterocycles. The second kappa shape index (κ2) is 6.68. The molecule has 150 valence electrons. The van der Waals surface area contributed by atoms with Crippen molar-refractivity contribution >= 4 is 17.4 Å². The third kappa shape index (κ3) is 2.97. The van der Waals surface area contributed by atoms with Gasteiger partial charge in [0.2, 0.25) is 5.88 Å². The van der Waals surface area contributed by atoms with E-state index in [1.54, 1.807) is 4.52 Å². The first-order valence-corrected chi connectivity index (χ1v) is 9.75. The Morgan fingerprint density at radius 3 is 3.03 bits per heavy atom. The maximum Gasteiger partial charge on any atom is 0.256 e. The number of fused-ring (bicyclic) bond motifs is 1. The number of carbonyl (C=O) groups excluding carboxylic acids is 1. The van der Waals surface area contributed by atoms with Gasteiger partial charge in [-0.25, -0.2) is 18.9 Å². The normalized spacial score (nSPS) is 21.6. The van der Waals surface area contributed by atoms with Crippen molar-refractivity contribution in [1.29, 1.82) is 0 Å². The van der Waals surface area contributed by atoms with Gasteiger partial charge in [-0.1, -0.05) is 0 Å². The van der Waals surface area contributed by atoms with E-state index in [0.29, 0.717) is 22.7 Å². The van der Waals surface area contributed by atoms with Gasteiger partial charge in [0.1, 0.15) is 23.3 Å². The van der Waals surface area contributed by atoms with E-state index >= 15 is 0 Å². The molecule has 2 bridgehead atoms. The highest BCUT2D eigenvalue weighted by Gasteiger charge is 2.29. The minimum atomic E-state index is -0.414. The van der Waals surface area contributed by atoms with Gasteiger partial charge in [-0.15, -0.1) is 0 Å². The van der Waals surface area contributed by atoms with Crippen molar-refractivity contribution < 1.29 is 13.9 Å². The quantitative estimate of drug-likeness (QED) is 0.628. The van der Waals surface area contributed by atoms with Gasteiger partial charge in [0.05, 0.1) is 25.0 Å². The number of anilines is 1. The minimum Gasteiger partial charge on any atom is -0.473 e. The molecule has 0 radical (unpaired) electrons. The molecule has 3 aromatic heterocycles. The van der Waals surface area contributed by atoms with Gasteiger partial charge in [0.25, 0.3) is 5.91 Å². The zero-order chi connectivity index (χ0) is 20.1. The first-order chi connectivity index (χ1) is 14.0. The molecule has 0 spiro atoms. The largest absolute Gasteiger partial charge is 0.473 e. The summed E-state index contributed by atoms with van der Waals surface area (Å²) in [5, 5.41) is 7.17. The summed E-state index contributed by atoms with van der Waals surface area (Å²) in [7, 11) is 0. The van der Waals surface area contributed by atoms with Gasteiger partial charge >= 0.3 is 0 Å². The molecule has 5 rings (SSSR count). The van der Waals surface area contributed by atoms with E-state index in [2.05, 4.69) is 20.3 Å². The van der Waals surface area contributed by atoms with E-state index in [9.17, 15) is 9.18 Å². The number of halogens is 1. The number of hydrogen-bond acceptors (Lipinski definition) is 6. The van der Waals surface area contributed by atoms with Gasteiger partial charge in [-0.05, 0) is 32.8 Å². The number of pyridine rings is 1. The molecular formula is C20H21FN6O2. The number of amides is 1. The van der Waals surface area contributed by atoms with Crippen molar-refractivity contribution in [3.8, 4) is 5.88 Å². The number of nitrogens with zero attached hydrogens (tertiary/aromatic N) is 5. The summed E-state index contributed by atoms with van der Waals surface area (Å²) in [5.74, 6) is 0.484. The molecule has 0 aromatic carbocycles. The monoisotopic (exact) mass is 396 g/mol. The average molecular weight is 396 g/mol. The number of aromatic nitrogens is 4. The van der Waals surface area contributed by atoms with E-state index in [1.807, 2.05) is 20.0 Å². The van der Waals surface area contributed by atoms with Crippen molar-refractivity contribution in [2.45, 2.75) is 38.8 Å². The highest BCUT2D eigenvalue weighted by molar-refractivity contribution is 5.99. The van der Waals surface area contributed by atoms with Crippen molar-refractivity contribution in [1.82, 2.24) is 24.9 Å². The molecule has 1 N–H and O–H groups in total. The molecule has 2 atom stereocenters. The van der Waals surface area contributed by atoms with E-state index in [0.717, 1.165) is 37.0 Å². The summed E-state index contributed by atoms with van der Waals surface area (Å²) in [6.07, 6.45) is 6.07. The third-order valence-corrected chi connectivity index (χ3v) is 5.53. The molecule has 8 nitrogen and oxygen atoms in total. The Balaban J connectivity index is 1.72. The van der Waals surface area contributed by atoms with Crippen molar-refractivity contribution in [3.63, 3.8) is 0 Å². The smallest absolute Gasteiger partial charge is 0.256 e. The number of aryl methyl sites for hydroxylation is 1. The molecule has 0 saturated carbocycles. The zero-order valence-corrected chi connectivity index (χ0v) is 16.2. The highest BCUT2D eigenvalue weighted by atomic mass is 19.1. The van der Waals surface area contributed by atoms with Gasteiger partial charge in [-0.2, -0.15) is 5.10 Å². The molecule has 0 aliphatic carbocycles. The fraction of sp³-hybridized carbons (Fsp3) is 0.400. The standard InChI is InChI=1S/C20H21FN6O2/c1-11-7-22-19(28)16-9-24-27-10-13-4-3-5-26(17(13)25-18(16)27)12(2)15-6-14(21)8-23-20(15)29-11/h6,8-12H,3-5,7H2,1-2H3,(H,22,28). The Hall–Kier alpha value is -3.23. The van der Waals surface area contributed by atoms with E-state index < -0.39 is 5.82 Å². The maximum atomic E-state index is 14.1. The number of rotatable bonds is 0. The van der Waals surface area contributed by atoms with E-state index in [1.165, 1.54) is 12.3 Å². The summed E-state index contributed by atoms with van der Waals surface area (Å²) in [6.45, 7) is 4.87. The van der Waals surface area contributed by atoms with Crippen molar-refractivity contribution in [2.24, 2.45) is 0 Å². The number of carbonyl (C=O) groups is 1. The average Bonchev–Trinajstić information content (AvgIpc) is 3.13. The summed E-state index contributed by atoms with van der Waals surface area (Å²) in [5.41, 5.74) is 2.62. The topological polar surface area (TPSA) is 84.7 Å². The molecule has 1 amide bonds. The second-order valence-electron chi connectivity index (χ2n) is 7.58. The van der Waals surface area contributed by atoms with Crippen LogP contribution in [0.5, 0.6) is 5.88 Å². The first kappa shape index (κ1) is 17.8. The second-order valence-corrected chi connectivity index (χ2v) is 7.58. The molecule has 3 aromatic rings. The van der Waals surface area contributed by atoms with Crippen molar-refractivity contribution in [2.75, 3.05) is 18.0 Å². The van der Waals surface area contributed by atoms with Crippen LogP contribution in [-0.2, 0) is 6.42 Å². The Kier molecular flexibility index (Phi) is 4.11. The van der Waals surface area contributed by atoms with Crippen molar-refractivity contribution in [3.05, 3.63) is 47.2 Å². The van der Waals surface area contributed by atoms with Crippen LogP contribution in [0, 0.1) is 5.82 Å². The number of ether oxygens (including phenoxy) is 1. The fourth-order valence-corrected chi connectivity index (χ4v) is 4.02. The highest BCUT2D eigenvalue weighted by Crippen LogP contribution is 2.36. The van der Waals surface area contributed by atoms with Crippen LogP contribution in [0.3, 0.4) is 0 Å². The number of hydrogen-bond donors (Lipinski definition) is 1.